The third kappa shape index (κ3) is 3.85. The Morgan fingerprint density at radius 3 is 2.54 bits per heavy atom. The van der Waals surface area contributed by atoms with Crippen molar-refractivity contribution < 1.29 is 9.21 Å². The number of carbonyl (C=O) groups excluding carboxylic acids is 1. The van der Waals surface area contributed by atoms with Crippen LogP contribution in [0.25, 0.3) is 0 Å². The summed E-state index contributed by atoms with van der Waals surface area (Å²) >= 11 is 0. The molecule has 1 aromatic heterocycles. The lowest BCUT2D eigenvalue weighted by Crippen LogP contribution is -2.49. The Kier molecular flexibility index (Phi) is 5.30. The van der Waals surface area contributed by atoms with Crippen molar-refractivity contribution in [2.24, 2.45) is 0 Å². The van der Waals surface area contributed by atoms with Gasteiger partial charge in [0.15, 0.2) is 12.1 Å². The molecular formula is C19H25N3O2. The Morgan fingerprint density at radius 2 is 1.88 bits per heavy atom. The van der Waals surface area contributed by atoms with Gasteiger partial charge >= 0.3 is 0 Å². The van der Waals surface area contributed by atoms with E-state index in [-0.39, 0.29) is 11.8 Å². The predicted molar refractivity (Wildman–Crippen MR) is 93.1 cm³/mol. The summed E-state index contributed by atoms with van der Waals surface area (Å²) in [5.41, 5.74) is 1.84. The first-order valence-corrected chi connectivity index (χ1v) is 8.64. The van der Waals surface area contributed by atoms with Crippen LogP contribution in [0.4, 0.5) is 0 Å². The van der Waals surface area contributed by atoms with Crippen molar-refractivity contribution in [2.75, 3.05) is 32.7 Å². The van der Waals surface area contributed by atoms with E-state index in [1.807, 2.05) is 24.8 Å². The SMILES string of the molecule is CC(C)c1ocnc1C(=O)N1CCN(CCc2ccccc2)CC1. The summed E-state index contributed by atoms with van der Waals surface area (Å²) in [6.45, 7) is 8.38. The van der Waals surface area contributed by atoms with Crippen LogP contribution in [0.3, 0.4) is 0 Å². The third-order valence-corrected chi connectivity index (χ3v) is 4.54. The summed E-state index contributed by atoms with van der Waals surface area (Å²) in [5, 5.41) is 0. The molecule has 0 radical (unpaired) electrons. The molecule has 2 heterocycles. The molecule has 1 fully saturated rings. The van der Waals surface area contributed by atoms with Crippen LogP contribution in [0.5, 0.6) is 0 Å². The van der Waals surface area contributed by atoms with Crippen LogP contribution in [0.15, 0.2) is 41.1 Å². The molecule has 3 rings (SSSR count). The fraction of sp³-hybridized carbons (Fsp3) is 0.474. The molecule has 2 aromatic rings. The van der Waals surface area contributed by atoms with Crippen LogP contribution in [0, 0.1) is 0 Å². The summed E-state index contributed by atoms with van der Waals surface area (Å²) in [5.74, 6) is 0.847. The summed E-state index contributed by atoms with van der Waals surface area (Å²) in [6.07, 6.45) is 2.42. The van der Waals surface area contributed by atoms with Crippen molar-refractivity contribution in [3.05, 3.63) is 53.7 Å². The van der Waals surface area contributed by atoms with Crippen molar-refractivity contribution in [3.8, 4) is 0 Å². The highest BCUT2D eigenvalue weighted by atomic mass is 16.3. The zero-order valence-electron chi connectivity index (χ0n) is 14.4. The molecular weight excluding hydrogens is 302 g/mol. The molecule has 1 aromatic carbocycles. The van der Waals surface area contributed by atoms with Crippen molar-refractivity contribution in [2.45, 2.75) is 26.2 Å². The molecule has 0 atom stereocenters. The van der Waals surface area contributed by atoms with Gasteiger partial charge in [-0.05, 0) is 12.0 Å². The van der Waals surface area contributed by atoms with Gasteiger partial charge in [-0.25, -0.2) is 4.98 Å². The fourth-order valence-corrected chi connectivity index (χ4v) is 3.08. The Hall–Kier alpha value is -2.14. The van der Waals surface area contributed by atoms with E-state index >= 15 is 0 Å². The highest BCUT2D eigenvalue weighted by Gasteiger charge is 2.27. The quantitative estimate of drug-likeness (QED) is 0.847. The number of amides is 1. The highest BCUT2D eigenvalue weighted by Crippen LogP contribution is 2.20. The Labute approximate surface area is 143 Å². The van der Waals surface area contributed by atoms with Crippen LogP contribution >= 0.6 is 0 Å². The minimum atomic E-state index is -0.00448. The molecule has 5 nitrogen and oxygen atoms in total. The Morgan fingerprint density at radius 1 is 1.17 bits per heavy atom. The Bertz CT molecular complexity index is 658. The van der Waals surface area contributed by atoms with Gasteiger partial charge in [-0.3, -0.25) is 9.69 Å². The van der Waals surface area contributed by atoms with Crippen molar-refractivity contribution in [1.29, 1.82) is 0 Å². The van der Waals surface area contributed by atoms with Gasteiger partial charge in [0, 0.05) is 38.6 Å². The molecule has 5 heteroatoms. The second kappa shape index (κ2) is 7.62. The second-order valence-corrected chi connectivity index (χ2v) is 6.59. The van der Waals surface area contributed by atoms with Gasteiger partial charge in [-0.1, -0.05) is 44.2 Å². The molecule has 0 aliphatic carbocycles. The first kappa shape index (κ1) is 16.7. The van der Waals surface area contributed by atoms with Crippen LogP contribution in [-0.4, -0.2) is 53.4 Å². The summed E-state index contributed by atoms with van der Waals surface area (Å²) in [4.78, 5) is 21.1. The standard InChI is InChI=1S/C19H25N3O2/c1-15(2)18-17(20-14-24-18)19(23)22-12-10-21(11-13-22)9-8-16-6-4-3-5-7-16/h3-7,14-15H,8-13H2,1-2H3. The summed E-state index contributed by atoms with van der Waals surface area (Å²) < 4.78 is 5.38. The van der Waals surface area contributed by atoms with E-state index in [0.717, 1.165) is 39.1 Å². The van der Waals surface area contributed by atoms with Gasteiger partial charge in [0.25, 0.3) is 5.91 Å². The maximum Gasteiger partial charge on any atom is 0.276 e. The molecule has 24 heavy (non-hydrogen) atoms. The topological polar surface area (TPSA) is 49.6 Å². The van der Waals surface area contributed by atoms with E-state index in [9.17, 15) is 4.79 Å². The van der Waals surface area contributed by atoms with Crippen molar-refractivity contribution >= 4 is 5.91 Å². The monoisotopic (exact) mass is 327 g/mol. The van der Waals surface area contributed by atoms with E-state index in [1.165, 1.54) is 12.0 Å². The Balaban J connectivity index is 1.51. The number of hydrogen-bond acceptors (Lipinski definition) is 4. The van der Waals surface area contributed by atoms with Gasteiger partial charge in [0.05, 0.1) is 0 Å². The van der Waals surface area contributed by atoms with Gasteiger partial charge in [-0.15, -0.1) is 0 Å². The number of aromatic nitrogens is 1. The third-order valence-electron chi connectivity index (χ3n) is 4.54. The lowest BCUT2D eigenvalue weighted by molar-refractivity contribution is 0.0630. The zero-order valence-corrected chi connectivity index (χ0v) is 14.4. The van der Waals surface area contributed by atoms with E-state index in [4.69, 9.17) is 4.42 Å². The summed E-state index contributed by atoms with van der Waals surface area (Å²) in [6, 6.07) is 10.5. The molecule has 0 N–H and O–H groups in total. The lowest BCUT2D eigenvalue weighted by atomic mass is 10.1. The number of hydrogen-bond donors (Lipinski definition) is 0. The average Bonchev–Trinajstić information content (AvgIpc) is 3.11. The minimum absolute atomic E-state index is 0.00448. The van der Waals surface area contributed by atoms with Crippen molar-refractivity contribution in [3.63, 3.8) is 0 Å². The second-order valence-electron chi connectivity index (χ2n) is 6.59. The van der Waals surface area contributed by atoms with E-state index < -0.39 is 0 Å². The molecule has 0 saturated carbocycles. The molecule has 0 unspecified atom stereocenters. The fourth-order valence-electron chi connectivity index (χ4n) is 3.08. The summed E-state index contributed by atoms with van der Waals surface area (Å²) in [7, 11) is 0. The van der Waals surface area contributed by atoms with Crippen LogP contribution in [-0.2, 0) is 6.42 Å². The first-order valence-electron chi connectivity index (χ1n) is 8.64. The molecule has 1 amide bonds. The molecule has 128 valence electrons. The maximum atomic E-state index is 12.7. The lowest BCUT2D eigenvalue weighted by Gasteiger charge is -2.34. The molecule has 0 spiro atoms. The molecule has 1 aliphatic heterocycles. The molecule has 1 saturated heterocycles. The zero-order chi connectivity index (χ0) is 16.9. The van der Waals surface area contributed by atoms with E-state index in [0.29, 0.717) is 11.5 Å². The molecule has 0 bridgehead atoms. The van der Waals surface area contributed by atoms with Gasteiger partial charge in [0.2, 0.25) is 0 Å². The normalized spacial score (nSPS) is 15.9. The predicted octanol–water partition coefficient (Wildman–Crippen LogP) is 2.80. The smallest absolute Gasteiger partial charge is 0.276 e. The first-order chi connectivity index (χ1) is 11.6. The van der Waals surface area contributed by atoms with Gasteiger partial charge in [-0.2, -0.15) is 0 Å². The highest BCUT2D eigenvalue weighted by molar-refractivity contribution is 5.93. The molecule has 1 aliphatic rings. The minimum Gasteiger partial charge on any atom is -0.447 e. The maximum absolute atomic E-state index is 12.7. The number of oxazole rings is 1. The number of benzene rings is 1. The number of rotatable bonds is 5. The van der Waals surface area contributed by atoms with E-state index in [1.54, 1.807) is 0 Å². The van der Waals surface area contributed by atoms with Crippen LogP contribution < -0.4 is 0 Å². The number of carbonyl (C=O) groups is 1. The van der Waals surface area contributed by atoms with E-state index in [2.05, 4.69) is 34.1 Å². The van der Waals surface area contributed by atoms with Crippen LogP contribution in [0.2, 0.25) is 0 Å². The largest absolute Gasteiger partial charge is 0.447 e. The number of nitrogens with zero attached hydrogens (tertiary/aromatic N) is 3. The van der Waals surface area contributed by atoms with Gasteiger partial charge in [0.1, 0.15) is 5.76 Å². The number of piperazine rings is 1. The van der Waals surface area contributed by atoms with Crippen LogP contribution in [0.1, 0.15) is 41.6 Å². The van der Waals surface area contributed by atoms with Gasteiger partial charge < -0.3 is 9.32 Å². The van der Waals surface area contributed by atoms with Crippen molar-refractivity contribution in [1.82, 2.24) is 14.8 Å². The average molecular weight is 327 g/mol.